The quantitative estimate of drug-likeness (QED) is 0.229. The number of nitrogens with one attached hydrogen (secondary N) is 1. The summed E-state index contributed by atoms with van der Waals surface area (Å²) in [6.07, 6.45) is 0.177. The summed E-state index contributed by atoms with van der Waals surface area (Å²) < 4.78 is 15.9. The Bertz CT molecular complexity index is 1180. The van der Waals surface area contributed by atoms with E-state index >= 15 is 0 Å². The van der Waals surface area contributed by atoms with Gasteiger partial charge in [0.15, 0.2) is 0 Å². The molecule has 200 valence electrons. The molecule has 13 heteroatoms. The number of hydrogen-bond acceptors (Lipinski definition) is 10. The minimum Gasteiger partial charge on any atom is -0.455 e. The van der Waals surface area contributed by atoms with Gasteiger partial charge in [-0.15, -0.1) is 0 Å². The number of pyridine rings is 1. The first kappa shape index (κ1) is 27.6. The van der Waals surface area contributed by atoms with Crippen LogP contribution in [0.1, 0.15) is 40.5 Å². The van der Waals surface area contributed by atoms with Crippen LogP contribution in [0.15, 0.2) is 30.5 Å². The lowest BCUT2D eigenvalue weighted by molar-refractivity contribution is -0.383. The zero-order valence-electron chi connectivity index (χ0n) is 21.0. The maximum absolute atomic E-state index is 13.1. The van der Waals surface area contributed by atoms with Crippen molar-refractivity contribution in [1.29, 1.82) is 0 Å². The molecule has 2 amide bonds. The third-order valence-electron chi connectivity index (χ3n) is 5.55. The number of non-ortho nitro benzene ring substituents is 1. The van der Waals surface area contributed by atoms with Gasteiger partial charge in [-0.3, -0.25) is 19.9 Å². The van der Waals surface area contributed by atoms with Gasteiger partial charge < -0.3 is 29.5 Å². The van der Waals surface area contributed by atoms with Crippen molar-refractivity contribution < 1.29 is 38.6 Å². The van der Waals surface area contributed by atoms with Gasteiger partial charge in [-0.25, -0.2) is 9.59 Å². The van der Waals surface area contributed by atoms with Crippen LogP contribution in [0.2, 0.25) is 0 Å². The minimum absolute atomic E-state index is 0.139. The molecule has 3 atom stereocenters. The molecule has 13 nitrogen and oxygen atoms in total. The van der Waals surface area contributed by atoms with Crippen molar-refractivity contribution in [2.45, 2.75) is 64.3 Å². The molecule has 2 aromatic rings. The van der Waals surface area contributed by atoms with Gasteiger partial charge >= 0.3 is 12.1 Å². The molecule has 1 aliphatic rings. The number of fused-ring (bicyclic) bond motifs is 1. The fraction of sp³-hybridized carbons (Fsp3) is 0.500. The van der Waals surface area contributed by atoms with E-state index in [4.69, 9.17) is 14.2 Å². The highest BCUT2D eigenvalue weighted by Gasteiger charge is 2.40. The minimum atomic E-state index is -1.32. The van der Waals surface area contributed by atoms with Crippen molar-refractivity contribution in [3.8, 4) is 5.75 Å². The van der Waals surface area contributed by atoms with Gasteiger partial charge in [-0.05, 0) is 58.7 Å². The maximum Gasteiger partial charge on any atom is 0.408 e. The fourth-order valence-electron chi connectivity index (χ4n) is 3.93. The number of aliphatic hydroxyl groups is 1. The number of ether oxygens (including phenoxy) is 3. The van der Waals surface area contributed by atoms with Crippen LogP contribution < -0.4 is 10.1 Å². The first-order chi connectivity index (χ1) is 17.4. The van der Waals surface area contributed by atoms with Crippen molar-refractivity contribution in [1.82, 2.24) is 15.2 Å². The fourth-order valence-corrected chi connectivity index (χ4v) is 3.93. The second-order valence-electron chi connectivity index (χ2n) is 9.52. The zero-order chi connectivity index (χ0) is 27.3. The Hall–Kier alpha value is -4.00. The Morgan fingerprint density at radius 3 is 2.68 bits per heavy atom. The highest BCUT2D eigenvalue weighted by Crippen LogP contribution is 2.31. The van der Waals surface area contributed by atoms with Gasteiger partial charge in [0.25, 0.3) is 5.69 Å². The third-order valence-corrected chi connectivity index (χ3v) is 5.55. The number of nitro benzene ring substituents is 1. The summed E-state index contributed by atoms with van der Waals surface area (Å²) in [5.41, 5.74) is -0.709. The molecule has 0 bridgehead atoms. The molecular weight excluding hydrogens is 488 g/mol. The number of nitro groups is 1. The number of rotatable bonds is 8. The molecule has 2 N–H and O–H groups in total. The molecule has 1 saturated heterocycles. The number of carbonyl (C=O) groups excluding carboxylic acids is 3. The molecule has 0 aliphatic carbocycles. The summed E-state index contributed by atoms with van der Waals surface area (Å²) >= 11 is 0. The van der Waals surface area contributed by atoms with Gasteiger partial charge in [0.1, 0.15) is 29.0 Å². The number of nitrogens with zero attached hydrogens (tertiary/aromatic N) is 3. The van der Waals surface area contributed by atoms with E-state index in [0.29, 0.717) is 12.8 Å². The molecule has 1 aliphatic heterocycles. The average Bonchev–Trinajstić information content (AvgIpc) is 3.31. The molecule has 1 fully saturated rings. The lowest BCUT2D eigenvalue weighted by Gasteiger charge is -2.30. The van der Waals surface area contributed by atoms with E-state index in [0.717, 1.165) is 0 Å². The van der Waals surface area contributed by atoms with Gasteiger partial charge in [0, 0.05) is 18.8 Å². The van der Waals surface area contributed by atoms with Crippen molar-refractivity contribution in [2.75, 3.05) is 13.3 Å². The van der Waals surface area contributed by atoms with Crippen LogP contribution in [-0.4, -0.2) is 75.0 Å². The Morgan fingerprint density at radius 2 is 2.03 bits per heavy atom. The maximum atomic E-state index is 13.1. The summed E-state index contributed by atoms with van der Waals surface area (Å²) in [6.45, 7) is 6.05. The summed E-state index contributed by atoms with van der Waals surface area (Å²) in [5, 5.41) is 24.0. The van der Waals surface area contributed by atoms with E-state index in [1.807, 2.05) is 0 Å². The Morgan fingerprint density at radius 1 is 1.30 bits per heavy atom. The highest BCUT2D eigenvalue weighted by molar-refractivity contribution is 5.92. The average molecular weight is 519 g/mol. The normalized spacial score (nSPS) is 17.1. The van der Waals surface area contributed by atoms with Crippen LogP contribution in [0, 0.1) is 10.1 Å². The van der Waals surface area contributed by atoms with Crippen molar-refractivity contribution >= 4 is 34.6 Å². The van der Waals surface area contributed by atoms with E-state index in [-0.39, 0.29) is 28.9 Å². The number of aromatic nitrogens is 1. The number of likely N-dealkylation sites (tertiary alicyclic amines) is 1. The third kappa shape index (κ3) is 6.82. The van der Waals surface area contributed by atoms with Gasteiger partial charge in [0.05, 0.1) is 16.4 Å². The van der Waals surface area contributed by atoms with E-state index in [2.05, 4.69) is 10.3 Å². The highest BCUT2D eigenvalue weighted by atomic mass is 16.7. The number of aliphatic hydroxyl groups excluding tert-OH is 1. The Balaban J connectivity index is 1.64. The van der Waals surface area contributed by atoms with Crippen molar-refractivity contribution in [2.24, 2.45) is 0 Å². The van der Waals surface area contributed by atoms with Crippen LogP contribution in [-0.2, 0) is 19.1 Å². The molecule has 0 radical (unpaired) electrons. The van der Waals surface area contributed by atoms with Crippen LogP contribution in [0.25, 0.3) is 10.9 Å². The number of esters is 1. The van der Waals surface area contributed by atoms with E-state index in [1.165, 1.54) is 36.2 Å². The van der Waals surface area contributed by atoms with Crippen LogP contribution >= 0.6 is 0 Å². The standard InChI is InChI=1S/C24H30N4O9/c1-14(29)19(26-23(32)37-24(2,3)4)21(30)27-12-6-8-17(27)22(31)36-13-35-18-10-9-16(28(33)34)15-7-5-11-25-20(15)18/h5,7,9-11,14,17,19,29H,6,8,12-13H2,1-4H3,(H,26,32)/t14?,17-,19?/m0/s1. The number of hydrogen-bond donors (Lipinski definition) is 2. The number of amides is 2. The van der Waals surface area contributed by atoms with Crippen LogP contribution in [0.5, 0.6) is 5.75 Å². The van der Waals surface area contributed by atoms with Gasteiger partial charge in [-0.1, -0.05) is 0 Å². The second-order valence-corrected chi connectivity index (χ2v) is 9.52. The molecular formula is C24H30N4O9. The number of benzene rings is 1. The summed E-state index contributed by atoms with van der Waals surface area (Å²) in [6, 6.07) is 3.46. The lowest BCUT2D eigenvalue weighted by Crippen LogP contribution is -2.56. The van der Waals surface area contributed by atoms with Crippen molar-refractivity contribution in [3.05, 3.63) is 40.6 Å². The number of carbonyl (C=O) groups is 3. The predicted octanol–water partition coefficient (Wildman–Crippen LogP) is 2.29. The SMILES string of the molecule is CC(O)C(NC(=O)OC(C)(C)C)C(=O)N1CCC[C@H]1C(=O)OCOc1ccc([N+](=O)[O-])c2cccnc12. The van der Waals surface area contributed by atoms with E-state index in [1.54, 1.807) is 26.8 Å². The molecule has 37 heavy (non-hydrogen) atoms. The monoisotopic (exact) mass is 518 g/mol. The summed E-state index contributed by atoms with van der Waals surface area (Å²) in [4.78, 5) is 54.2. The van der Waals surface area contributed by atoms with Gasteiger partial charge in [-0.2, -0.15) is 0 Å². The Labute approximate surface area is 212 Å². The van der Waals surface area contributed by atoms with E-state index < -0.39 is 53.5 Å². The molecule has 0 saturated carbocycles. The largest absolute Gasteiger partial charge is 0.455 e. The lowest BCUT2D eigenvalue weighted by atomic mass is 10.1. The zero-order valence-corrected chi connectivity index (χ0v) is 21.0. The van der Waals surface area contributed by atoms with Gasteiger partial charge in [0.2, 0.25) is 12.7 Å². The Kier molecular flexibility index (Phi) is 8.48. The van der Waals surface area contributed by atoms with Crippen LogP contribution in [0.3, 0.4) is 0 Å². The predicted molar refractivity (Wildman–Crippen MR) is 130 cm³/mol. The molecule has 0 spiro atoms. The van der Waals surface area contributed by atoms with Crippen molar-refractivity contribution in [3.63, 3.8) is 0 Å². The van der Waals surface area contributed by atoms with Crippen LogP contribution in [0.4, 0.5) is 10.5 Å². The molecule has 2 heterocycles. The topological polar surface area (TPSA) is 170 Å². The van der Waals surface area contributed by atoms with E-state index in [9.17, 15) is 29.6 Å². The molecule has 1 aromatic heterocycles. The summed E-state index contributed by atoms with van der Waals surface area (Å²) in [7, 11) is 0. The summed E-state index contributed by atoms with van der Waals surface area (Å²) in [5.74, 6) is -1.19. The molecule has 3 rings (SSSR count). The molecule has 1 aromatic carbocycles. The second kappa shape index (κ2) is 11.4. The first-order valence-electron chi connectivity index (χ1n) is 11.7. The molecule has 2 unspecified atom stereocenters. The first-order valence-corrected chi connectivity index (χ1v) is 11.7. The number of alkyl carbamates (subject to hydrolysis) is 1. The smallest absolute Gasteiger partial charge is 0.408 e.